The van der Waals surface area contributed by atoms with Gasteiger partial charge in [-0.05, 0) is 13.1 Å². The highest BCUT2D eigenvalue weighted by molar-refractivity contribution is 6.64. The molecule has 0 amide bonds. The van der Waals surface area contributed by atoms with Crippen LogP contribution < -0.4 is 0 Å². The second-order valence-electron chi connectivity index (χ2n) is 2.20. The lowest BCUT2D eigenvalue weighted by atomic mass is 10.7. The van der Waals surface area contributed by atoms with Crippen LogP contribution in [0.25, 0.3) is 0 Å². The quantitative estimate of drug-likeness (QED) is 0.442. The minimum Gasteiger partial charge on any atom is -0.398 e. The number of hydrogen-bond acceptors (Lipinski definition) is 2. The summed E-state index contributed by atoms with van der Waals surface area (Å²) in [4.78, 5) is 0. The van der Waals surface area contributed by atoms with Crippen molar-refractivity contribution in [3.63, 3.8) is 0 Å². The Morgan fingerprint density at radius 3 is 2.44 bits per heavy atom. The Morgan fingerprint density at radius 2 is 2.11 bits per heavy atom. The fourth-order valence-electron chi connectivity index (χ4n) is 0.319. The summed E-state index contributed by atoms with van der Waals surface area (Å²) in [7, 11) is -0.0936. The normalized spacial score (nSPS) is 11.4. The molecule has 0 aliphatic heterocycles. The van der Waals surface area contributed by atoms with E-state index < -0.39 is 8.56 Å². The third kappa shape index (κ3) is 4.38. The molecule has 0 unspecified atom stereocenters. The van der Waals surface area contributed by atoms with Crippen LogP contribution in [0.4, 0.5) is 0 Å². The van der Waals surface area contributed by atoms with Crippen molar-refractivity contribution in [2.45, 2.75) is 13.1 Å². The van der Waals surface area contributed by atoms with Crippen LogP contribution in [0, 0.1) is 0 Å². The highest BCUT2D eigenvalue weighted by Gasteiger charge is 2.20. The fraction of sp³-hybridized carbons (Fsp3) is 0.667. The highest BCUT2D eigenvalue weighted by Crippen LogP contribution is 2.02. The Morgan fingerprint density at radius 1 is 1.56 bits per heavy atom. The van der Waals surface area contributed by atoms with E-state index in [1.54, 1.807) is 13.2 Å². The average molecular weight is 146 g/mol. The molecular formula is C6H14O2Si. The predicted octanol–water partition coefficient (Wildman–Crippen LogP) is 1.54. The molecule has 2 nitrogen and oxygen atoms in total. The minimum atomic E-state index is -1.77. The average Bonchev–Trinajstić information content (AvgIpc) is 1.84. The van der Waals surface area contributed by atoms with Crippen molar-refractivity contribution >= 4 is 8.56 Å². The first-order chi connectivity index (χ1) is 4.12. The summed E-state index contributed by atoms with van der Waals surface area (Å²) in [6.45, 7) is 8.12. The van der Waals surface area contributed by atoms with Gasteiger partial charge in [-0.1, -0.05) is 6.08 Å². The first-order valence-electron chi connectivity index (χ1n) is 2.92. The highest BCUT2D eigenvalue weighted by atomic mass is 28.4. The molecular weight excluding hydrogens is 132 g/mol. The molecule has 0 bridgehead atoms. The Kier molecular flexibility index (Phi) is 3.77. The van der Waals surface area contributed by atoms with Crippen LogP contribution in [0.2, 0.25) is 13.1 Å². The molecule has 0 aliphatic carbocycles. The molecule has 0 heterocycles. The van der Waals surface area contributed by atoms with E-state index in [4.69, 9.17) is 8.85 Å². The molecule has 0 spiro atoms. The predicted molar refractivity (Wildman–Crippen MR) is 40.6 cm³/mol. The Balaban J connectivity index is 3.44. The zero-order chi connectivity index (χ0) is 7.33. The SMILES string of the molecule is C=CCO[Si](C)(C)OC. The van der Waals surface area contributed by atoms with Gasteiger partial charge in [0.1, 0.15) is 0 Å². The monoisotopic (exact) mass is 146 g/mol. The summed E-state index contributed by atoms with van der Waals surface area (Å²) in [5.41, 5.74) is 0. The zero-order valence-electron chi connectivity index (χ0n) is 6.31. The maximum Gasteiger partial charge on any atom is 0.331 e. The van der Waals surface area contributed by atoms with Crippen LogP contribution in [0.5, 0.6) is 0 Å². The molecule has 0 fully saturated rings. The third-order valence-corrected chi connectivity index (χ3v) is 2.89. The van der Waals surface area contributed by atoms with Gasteiger partial charge in [0.15, 0.2) is 0 Å². The van der Waals surface area contributed by atoms with Crippen molar-refractivity contribution in [2.24, 2.45) is 0 Å². The van der Waals surface area contributed by atoms with Crippen LogP contribution in [0.15, 0.2) is 12.7 Å². The summed E-state index contributed by atoms with van der Waals surface area (Å²) in [6, 6.07) is 0. The van der Waals surface area contributed by atoms with Gasteiger partial charge >= 0.3 is 8.56 Å². The van der Waals surface area contributed by atoms with Gasteiger partial charge in [-0.25, -0.2) is 0 Å². The van der Waals surface area contributed by atoms with Crippen molar-refractivity contribution in [3.8, 4) is 0 Å². The smallest absolute Gasteiger partial charge is 0.331 e. The molecule has 3 heteroatoms. The van der Waals surface area contributed by atoms with E-state index in [0.29, 0.717) is 6.61 Å². The summed E-state index contributed by atoms with van der Waals surface area (Å²) in [6.07, 6.45) is 1.73. The van der Waals surface area contributed by atoms with Crippen molar-refractivity contribution in [2.75, 3.05) is 13.7 Å². The molecule has 0 radical (unpaired) electrons. The topological polar surface area (TPSA) is 18.5 Å². The molecule has 0 aromatic heterocycles. The van der Waals surface area contributed by atoms with E-state index >= 15 is 0 Å². The lowest BCUT2D eigenvalue weighted by Crippen LogP contribution is -2.33. The van der Waals surface area contributed by atoms with Gasteiger partial charge in [0.25, 0.3) is 0 Å². The Labute approximate surface area is 57.7 Å². The molecule has 0 aromatic carbocycles. The second-order valence-corrected chi connectivity index (χ2v) is 5.70. The van der Waals surface area contributed by atoms with Crippen LogP contribution in [0.3, 0.4) is 0 Å². The fourth-order valence-corrected chi connectivity index (χ4v) is 0.956. The lowest BCUT2D eigenvalue weighted by molar-refractivity contribution is 0.234. The van der Waals surface area contributed by atoms with E-state index in [-0.39, 0.29) is 0 Å². The van der Waals surface area contributed by atoms with Crippen LogP contribution in [-0.2, 0) is 8.85 Å². The van der Waals surface area contributed by atoms with Gasteiger partial charge in [-0.3, -0.25) is 0 Å². The molecule has 0 aromatic rings. The summed E-state index contributed by atoms with van der Waals surface area (Å²) >= 11 is 0. The molecule has 0 rings (SSSR count). The second kappa shape index (κ2) is 3.82. The first-order valence-corrected chi connectivity index (χ1v) is 5.74. The first kappa shape index (κ1) is 8.88. The molecule has 0 atom stereocenters. The van der Waals surface area contributed by atoms with E-state index in [1.165, 1.54) is 0 Å². The van der Waals surface area contributed by atoms with Crippen molar-refractivity contribution in [3.05, 3.63) is 12.7 Å². The van der Waals surface area contributed by atoms with E-state index in [9.17, 15) is 0 Å². The Hall–Kier alpha value is -0.123. The standard InChI is InChI=1S/C6H14O2Si/c1-5-6-8-9(3,4)7-2/h5H,1,6H2,2-4H3. The molecule has 9 heavy (non-hydrogen) atoms. The maximum atomic E-state index is 5.33. The Bertz CT molecular complexity index is 91.1. The van der Waals surface area contributed by atoms with Crippen molar-refractivity contribution < 1.29 is 8.85 Å². The van der Waals surface area contributed by atoms with Crippen LogP contribution in [0.1, 0.15) is 0 Å². The van der Waals surface area contributed by atoms with E-state index in [2.05, 4.69) is 6.58 Å². The van der Waals surface area contributed by atoms with Crippen molar-refractivity contribution in [1.29, 1.82) is 0 Å². The van der Waals surface area contributed by atoms with E-state index in [0.717, 1.165) is 0 Å². The molecule has 54 valence electrons. The summed E-state index contributed by atoms with van der Waals surface area (Å²) in [5.74, 6) is 0. The number of rotatable bonds is 4. The number of hydrogen-bond donors (Lipinski definition) is 0. The van der Waals surface area contributed by atoms with Gasteiger partial charge in [0.05, 0.1) is 6.61 Å². The van der Waals surface area contributed by atoms with Gasteiger partial charge in [-0.15, -0.1) is 6.58 Å². The largest absolute Gasteiger partial charge is 0.398 e. The van der Waals surface area contributed by atoms with Gasteiger partial charge in [0, 0.05) is 7.11 Å². The van der Waals surface area contributed by atoms with Gasteiger partial charge < -0.3 is 8.85 Å². The zero-order valence-corrected chi connectivity index (χ0v) is 7.31. The third-order valence-electron chi connectivity index (χ3n) is 1.04. The maximum absolute atomic E-state index is 5.33. The molecule has 0 saturated heterocycles. The molecule has 0 aliphatic rings. The summed E-state index contributed by atoms with van der Waals surface area (Å²) < 4.78 is 10.4. The molecule has 0 N–H and O–H groups in total. The van der Waals surface area contributed by atoms with Crippen LogP contribution >= 0.6 is 0 Å². The van der Waals surface area contributed by atoms with Gasteiger partial charge in [0.2, 0.25) is 0 Å². The summed E-state index contributed by atoms with van der Waals surface area (Å²) in [5, 5.41) is 0. The minimum absolute atomic E-state index is 0.590. The van der Waals surface area contributed by atoms with E-state index in [1.807, 2.05) is 13.1 Å². The van der Waals surface area contributed by atoms with Crippen LogP contribution in [-0.4, -0.2) is 22.3 Å². The van der Waals surface area contributed by atoms with Crippen molar-refractivity contribution in [1.82, 2.24) is 0 Å². The van der Waals surface area contributed by atoms with Gasteiger partial charge in [-0.2, -0.15) is 0 Å². The lowest BCUT2D eigenvalue weighted by Gasteiger charge is -2.18. The molecule has 0 saturated carbocycles.